The molecule has 2 N–H and O–H groups in total. The maximum atomic E-state index is 10.9. The summed E-state index contributed by atoms with van der Waals surface area (Å²) >= 11 is 2.08. The lowest BCUT2D eigenvalue weighted by Gasteiger charge is -2.06. The summed E-state index contributed by atoms with van der Waals surface area (Å²) in [4.78, 5) is 20.9. The third kappa shape index (κ3) is 5.00. The van der Waals surface area contributed by atoms with Crippen molar-refractivity contribution < 1.29 is 14.7 Å². The van der Waals surface area contributed by atoms with E-state index in [0.29, 0.717) is 4.43 Å². The number of carboxylic acid groups (broad SMARTS) is 1. The quantitative estimate of drug-likeness (QED) is 0.569. The zero-order valence-corrected chi connectivity index (χ0v) is 8.29. The highest BCUT2D eigenvalue weighted by molar-refractivity contribution is 14.1. The van der Waals surface area contributed by atoms with E-state index < -0.39 is 5.97 Å². The molecule has 1 unspecified atom stereocenters. The summed E-state index contributed by atoms with van der Waals surface area (Å²) in [6.07, 6.45) is 0. The van der Waals surface area contributed by atoms with Gasteiger partial charge in [0.25, 0.3) is 0 Å². The minimum Gasteiger partial charge on any atom is -0.480 e. The lowest BCUT2D eigenvalue weighted by atomic mass is 10.2. The van der Waals surface area contributed by atoms with E-state index in [1.54, 1.807) is 6.92 Å². The Kier molecular flexibility index (Phi) is 5.18. The molecular formula is C6H10INO3. The Morgan fingerprint density at radius 3 is 2.55 bits per heavy atom. The molecule has 0 aliphatic carbocycles. The molecule has 4 nitrogen and oxygen atoms in total. The number of nitrogens with one attached hydrogen (secondary N) is 1. The summed E-state index contributed by atoms with van der Waals surface area (Å²) in [5.74, 6) is -1.34. The van der Waals surface area contributed by atoms with Crippen LogP contribution < -0.4 is 5.32 Å². The molecule has 0 radical (unpaired) electrons. The molecule has 0 aromatic carbocycles. The third-order valence-corrected chi connectivity index (χ3v) is 2.41. The first-order chi connectivity index (χ1) is 5.07. The summed E-state index contributed by atoms with van der Waals surface area (Å²) < 4.78 is 0.698. The predicted octanol–water partition coefficient (Wildman–Crippen LogP) is 0.258. The summed E-state index contributed by atoms with van der Waals surface area (Å²) in [6.45, 7) is 1.46. The van der Waals surface area contributed by atoms with Crippen LogP contribution in [0.15, 0.2) is 0 Å². The van der Waals surface area contributed by atoms with Gasteiger partial charge in [-0.2, -0.15) is 0 Å². The van der Waals surface area contributed by atoms with E-state index in [9.17, 15) is 9.59 Å². The van der Waals surface area contributed by atoms with Crippen LogP contribution in [0.3, 0.4) is 0 Å². The molecule has 1 atom stereocenters. The van der Waals surface area contributed by atoms with Gasteiger partial charge in [-0.15, -0.1) is 0 Å². The number of carbonyl (C=O) groups excluding carboxylic acids is 1. The average molecular weight is 271 g/mol. The summed E-state index contributed by atoms with van der Waals surface area (Å²) in [7, 11) is 0. The van der Waals surface area contributed by atoms with E-state index in [4.69, 9.17) is 5.11 Å². The fourth-order valence-corrected chi connectivity index (χ4v) is 0.807. The SMILES string of the molecule is CC(CI)C(=O)NCC(=O)O. The highest BCUT2D eigenvalue weighted by Gasteiger charge is 2.10. The van der Waals surface area contributed by atoms with E-state index in [1.807, 2.05) is 0 Å². The number of carboxylic acids is 1. The minimum atomic E-state index is -1.01. The van der Waals surface area contributed by atoms with Crippen molar-refractivity contribution >= 4 is 34.5 Å². The molecule has 0 saturated carbocycles. The Balaban J connectivity index is 3.60. The number of hydrogen-bond acceptors (Lipinski definition) is 2. The second-order valence-electron chi connectivity index (χ2n) is 2.17. The van der Waals surface area contributed by atoms with Crippen molar-refractivity contribution in [3.8, 4) is 0 Å². The van der Waals surface area contributed by atoms with E-state index in [2.05, 4.69) is 27.9 Å². The van der Waals surface area contributed by atoms with Gasteiger partial charge in [0.05, 0.1) is 0 Å². The van der Waals surface area contributed by atoms with Crippen molar-refractivity contribution in [3.63, 3.8) is 0 Å². The van der Waals surface area contributed by atoms with Crippen LogP contribution >= 0.6 is 22.6 Å². The lowest BCUT2D eigenvalue weighted by Crippen LogP contribution is -2.33. The maximum Gasteiger partial charge on any atom is 0.322 e. The van der Waals surface area contributed by atoms with Crippen LogP contribution in [0.4, 0.5) is 0 Å². The van der Waals surface area contributed by atoms with Crippen molar-refractivity contribution in [2.75, 3.05) is 11.0 Å². The Morgan fingerprint density at radius 2 is 2.18 bits per heavy atom. The van der Waals surface area contributed by atoms with Crippen molar-refractivity contribution in [2.45, 2.75) is 6.92 Å². The Bertz CT molecular complexity index is 160. The Morgan fingerprint density at radius 1 is 1.64 bits per heavy atom. The van der Waals surface area contributed by atoms with Gasteiger partial charge in [-0.1, -0.05) is 29.5 Å². The molecule has 0 aliphatic heterocycles. The summed E-state index contributed by atoms with van der Waals surface area (Å²) in [6, 6.07) is 0. The maximum absolute atomic E-state index is 10.9. The van der Waals surface area contributed by atoms with Crippen LogP contribution in [-0.4, -0.2) is 28.0 Å². The highest BCUT2D eigenvalue weighted by atomic mass is 127. The zero-order valence-electron chi connectivity index (χ0n) is 6.13. The second kappa shape index (κ2) is 5.34. The first-order valence-electron chi connectivity index (χ1n) is 3.13. The average Bonchev–Trinajstić information content (AvgIpc) is 1.98. The summed E-state index contributed by atoms with van der Waals surface area (Å²) in [5, 5.41) is 10.5. The molecule has 0 spiro atoms. The van der Waals surface area contributed by atoms with Gasteiger partial charge in [0, 0.05) is 10.3 Å². The number of alkyl halides is 1. The van der Waals surface area contributed by atoms with Crippen molar-refractivity contribution in [3.05, 3.63) is 0 Å². The van der Waals surface area contributed by atoms with E-state index in [1.165, 1.54) is 0 Å². The minimum absolute atomic E-state index is 0.116. The van der Waals surface area contributed by atoms with Gasteiger partial charge in [-0.05, 0) is 0 Å². The van der Waals surface area contributed by atoms with Gasteiger partial charge >= 0.3 is 5.97 Å². The van der Waals surface area contributed by atoms with Crippen molar-refractivity contribution in [1.29, 1.82) is 0 Å². The molecule has 11 heavy (non-hydrogen) atoms. The van der Waals surface area contributed by atoms with E-state index in [-0.39, 0.29) is 18.4 Å². The molecule has 0 aliphatic rings. The van der Waals surface area contributed by atoms with Crippen LogP contribution in [0.1, 0.15) is 6.92 Å². The van der Waals surface area contributed by atoms with Gasteiger partial charge < -0.3 is 10.4 Å². The van der Waals surface area contributed by atoms with Crippen molar-refractivity contribution in [2.24, 2.45) is 5.92 Å². The normalized spacial score (nSPS) is 12.2. The van der Waals surface area contributed by atoms with Gasteiger partial charge in [0.2, 0.25) is 5.91 Å². The summed E-state index contributed by atoms with van der Waals surface area (Å²) in [5.41, 5.74) is 0. The molecule has 0 heterocycles. The Labute approximate surface area is 78.5 Å². The van der Waals surface area contributed by atoms with Crippen LogP contribution in [0.5, 0.6) is 0 Å². The molecule has 0 rings (SSSR count). The molecule has 0 bridgehead atoms. The number of halogens is 1. The fourth-order valence-electron chi connectivity index (χ4n) is 0.407. The smallest absolute Gasteiger partial charge is 0.322 e. The molecular weight excluding hydrogens is 261 g/mol. The monoisotopic (exact) mass is 271 g/mol. The van der Waals surface area contributed by atoms with Crippen LogP contribution in [0.2, 0.25) is 0 Å². The van der Waals surface area contributed by atoms with Gasteiger partial charge in [-0.25, -0.2) is 0 Å². The number of aliphatic carboxylic acids is 1. The van der Waals surface area contributed by atoms with Crippen LogP contribution in [-0.2, 0) is 9.59 Å². The van der Waals surface area contributed by atoms with Crippen LogP contribution in [0, 0.1) is 5.92 Å². The third-order valence-electron chi connectivity index (χ3n) is 1.09. The zero-order chi connectivity index (χ0) is 8.85. The molecule has 1 amide bonds. The molecule has 0 fully saturated rings. The van der Waals surface area contributed by atoms with Gasteiger partial charge in [0.15, 0.2) is 0 Å². The Hall–Kier alpha value is -0.330. The molecule has 64 valence electrons. The van der Waals surface area contributed by atoms with Crippen LogP contribution in [0.25, 0.3) is 0 Å². The number of carbonyl (C=O) groups is 2. The topological polar surface area (TPSA) is 66.4 Å². The number of amides is 1. The van der Waals surface area contributed by atoms with Gasteiger partial charge in [-0.3, -0.25) is 9.59 Å². The highest BCUT2D eigenvalue weighted by Crippen LogP contribution is 1.99. The number of rotatable bonds is 4. The standard InChI is InChI=1S/C6H10INO3/c1-4(2-7)6(11)8-3-5(9)10/h4H,2-3H2,1H3,(H,8,11)(H,9,10). The second-order valence-corrected chi connectivity index (χ2v) is 3.05. The largest absolute Gasteiger partial charge is 0.480 e. The molecule has 0 aromatic heterocycles. The van der Waals surface area contributed by atoms with Gasteiger partial charge in [0.1, 0.15) is 6.54 Å². The first-order valence-corrected chi connectivity index (χ1v) is 4.66. The molecule has 5 heteroatoms. The first kappa shape index (κ1) is 10.7. The lowest BCUT2D eigenvalue weighted by molar-refractivity contribution is -0.138. The van der Waals surface area contributed by atoms with E-state index >= 15 is 0 Å². The fraction of sp³-hybridized carbons (Fsp3) is 0.667. The van der Waals surface area contributed by atoms with E-state index in [0.717, 1.165) is 0 Å². The number of hydrogen-bond donors (Lipinski definition) is 2. The molecule has 0 aromatic rings. The van der Waals surface area contributed by atoms with Crippen molar-refractivity contribution in [1.82, 2.24) is 5.32 Å². The molecule has 0 saturated heterocycles. The predicted molar refractivity (Wildman–Crippen MR) is 48.7 cm³/mol.